The van der Waals surface area contributed by atoms with Crippen LogP contribution in [-0.2, 0) is 64.2 Å². The number of hydrogen-bond donors (Lipinski definition) is 1. The van der Waals surface area contributed by atoms with E-state index in [1.54, 1.807) is 71.9 Å². The van der Waals surface area contributed by atoms with Gasteiger partial charge in [-0.05, 0) is 85.7 Å². The molecule has 312 valence electrons. The Labute approximate surface area is 335 Å². The van der Waals surface area contributed by atoms with Crippen molar-refractivity contribution in [3.63, 3.8) is 0 Å². The number of rotatable bonds is 10. The Balaban J connectivity index is 1.35. The summed E-state index contributed by atoms with van der Waals surface area (Å²) >= 11 is 0. The number of likely N-dealkylation sites (N-methyl/N-ethyl adjacent to an activating group) is 1. The van der Waals surface area contributed by atoms with Gasteiger partial charge in [-0.1, -0.05) is 36.4 Å². The number of carbonyl (C=O) groups excluding carboxylic acids is 6. The molecule has 58 heavy (non-hydrogen) atoms. The van der Waals surface area contributed by atoms with Crippen LogP contribution >= 0.6 is 0 Å². The maximum atomic E-state index is 14.3. The first-order valence-electron chi connectivity index (χ1n) is 19.0. The topological polar surface area (TPSA) is 200 Å². The zero-order chi connectivity index (χ0) is 42.5. The van der Waals surface area contributed by atoms with Gasteiger partial charge in [-0.2, -0.15) is 0 Å². The number of nitrogens with zero attached hydrogens (tertiary/aromatic N) is 1. The first-order valence-corrected chi connectivity index (χ1v) is 19.0. The normalized spacial score (nSPS) is 24.6. The number of piperidine rings is 1. The number of benzene rings is 2. The van der Waals surface area contributed by atoms with Crippen LogP contribution in [0, 0.1) is 0 Å². The lowest BCUT2D eigenvalue weighted by atomic mass is 9.50. The van der Waals surface area contributed by atoms with Crippen LogP contribution in [0.15, 0.2) is 54.3 Å². The van der Waals surface area contributed by atoms with Crippen molar-refractivity contribution >= 4 is 36.0 Å². The van der Waals surface area contributed by atoms with Gasteiger partial charge in [0.05, 0.1) is 11.0 Å². The first kappa shape index (κ1) is 42.1. The Kier molecular flexibility index (Phi) is 11.2. The van der Waals surface area contributed by atoms with Gasteiger partial charge in [0.2, 0.25) is 18.3 Å². The molecule has 0 amide bonds. The SMILES string of the molecule is CC(=O)O[C@@H](C(=O)OC1=CC[C@@]2(O)[C@@H]3Cc4ccc(OC(=O)OC(C)(C)C)c5c4[C@@]2(CCN3C)[C@H]1O5)[C@@H](OC(C)=O)C(=O)O[C@@H](C(=O)OC(C)(C)C)c1ccccc1. The van der Waals surface area contributed by atoms with Gasteiger partial charge >= 0.3 is 36.0 Å². The fourth-order valence-corrected chi connectivity index (χ4v) is 8.29. The van der Waals surface area contributed by atoms with Crippen LogP contribution in [0.25, 0.3) is 0 Å². The van der Waals surface area contributed by atoms with Crippen molar-refractivity contribution in [2.75, 3.05) is 13.6 Å². The Morgan fingerprint density at radius 2 is 1.43 bits per heavy atom. The van der Waals surface area contributed by atoms with E-state index < -0.39 is 82.6 Å². The smallest absolute Gasteiger partial charge is 0.477 e. The first-order chi connectivity index (χ1) is 27.0. The molecule has 1 saturated heterocycles. The Hall–Kier alpha value is -5.48. The molecule has 16 nitrogen and oxygen atoms in total. The summed E-state index contributed by atoms with van der Waals surface area (Å²) in [6.45, 7) is 12.3. The van der Waals surface area contributed by atoms with E-state index in [4.69, 9.17) is 37.9 Å². The van der Waals surface area contributed by atoms with Crippen molar-refractivity contribution in [2.24, 2.45) is 0 Å². The van der Waals surface area contributed by atoms with Gasteiger partial charge in [0, 0.05) is 37.4 Å². The minimum atomic E-state index is -2.26. The van der Waals surface area contributed by atoms with Crippen LogP contribution in [-0.4, -0.2) is 101 Å². The molecule has 1 fully saturated rings. The van der Waals surface area contributed by atoms with Gasteiger partial charge in [0.1, 0.15) is 17.0 Å². The fourth-order valence-electron chi connectivity index (χ4n) is 8.29. The van der Waals surface area contributed by atoms with Crippen LogP contribution in [0.5, 0.6) is 11.5 Å². The third kappa shape index (κ3) is 7.99. The van der Waals surface area contributed by atoms with E-state index in [2.05, 4.69) is 4.90 Å². The molecule has 2 aromatic carbocycles. The Morgan fingerprint density at radius 1 is 0.810 bits per heavy atom. The lowest BCUT2D eigenvalue weighted by molar-refractivity contribution is -0.197. The zero-order valence-electron chi connectivity index (χ0n) is 33.9. The van der Waals surface area contributed by atoms with E-state index in [0.29, 0.717) is 24.9 Å². The molecule has 0 aromatic heterocycles. The van der Waals surface area contributed by atoms with Crippen molar-refractivity contribution in [1.82, 2.24) is 4.90 Å². The summed E-state index contributed by atoms with van der Waals surface area (Å²) < 4.78 is 45.2. The van der Waals surface area contributed by atoms with Crippen molar-refractivity contribution in [3.8, 4) is 11.5 Å². The van der Waals surface area contributed by atoms with Crippen molar-refractivity contribution < 1.29 is 71.8 Å². The lowest BCUT2D eigenvalue weighted by Gasteiger charge is -2.61. The molecular formula is C42H49NO15. The second kappa shape index (κ2) is 15.4. The van der Waals surface area contributed by atoms with E-state index in [9.17, 15) is 33.9 Å². The third-order valence-corrected chi connectivity index (χ3v) is 10.4. The summed E-state index contributed by atoms with van der Waals surface area (Å²) in [5.74, 6) is -5.77. The van der Waals surface area contributed by atoms with Gasteiger partial charge in [-0.25, -0.2) is 19.2 Å². The summed E-state index contributed by atoms with van der Waals surface area (Å²) in [5, 5.41) is 12.7. The summed E-state index contributed by atoms with van der Waals surface area (Å²) in [6, 6.07) is 10.9. The number of hydrogen-bond acceptors (Lipinski definition) is 16. The lowest BCUT2D eigenvalue weighted by Crippen LogP contribution is -2.74. The molecule has 2 aromatic rings. The van der Waals surface area contributed by atoms with Gasteiger partial charge in [0.15, 0.2) is 17.6 Å². The van der Waals surface area contributed by atoms with Crippen molar-refractivity contribution in [3.05, 3.63) is 71.0 Å². The monoisotopic (exact) mass is 807 g/mol. The number of esters is 5. The molecule has 0 unspecified atom stereocenters. The average Bonchev–Trinajstić information content (AvgIpc) is 3.47. The summed E-state index contributed by atoms with van der Waals surface area (Å²) in [4.78, 5) is 81.4. The molecule has 4 aliphatic rings. The molecule has 0 saturated carbocycles. The van der Waals surface area contributed by atoms with E-state index in [0.717, 1.165) is 19.4 Å². The molecule has 16 heteroatoms. The minimum absolute atomic E-state index is 0.0111. The maximum Gasteiger partial charge on any atom is 0.514 e. The van der Waals surface area contributed by atoms with Crippen molar-refractivity contribution in [1.29, 1.82) is 0 Å². The second-order valence-electron chi connectivity index (χ2n) is 16.9. The highest BCUT2D eigenvalue weighted by atomic mass is 16.7. The molecule has 7 atom stereocenters. The summed E-state index contributed by atoms with van der Waals surface area (Å²) in [6.07, 6.45) is -6.11. The van der Waals surface area contributed by atoms with Gasteiger partial charge < -0.3 is 47.9 Å². The number of carbonyl (C=O) groups is 6. The molecule has 2 bridgehead atoms. The highest BCUT2D eigenvalue weighted by molar-refractivity contribution is 5.91. The Morgan fingerprint density at radius 3 is 2.03 bits per heavy atom. The van der Waals surface area contributed by atoms with Crippen LogP contribution < -0.4 is 9.47 Å². The van der Waals surface area contributed by atoms with Crippen LogP contribution in [0.1, 0.15) is 91.0 Å². The van der Waals surface area contributed by atoms with Gasteiger partial charge in [-0.15, -0.1) is 0 Å². The molecule has 1 spiro atoms. The minimum Gasteiger partial charge on any atom is -0.477 e. The van der Waals surface area contributed by atoms with E-state index >= 15 is 0 Å². The van der Waals surface area contributed by atoms with Crippen molar-refractivity contribution in [2.45, 2.75) is 127 Å². The molecule has 6 rings (SSSR count). The molecule has 2 aliphatic carbocycles. The zero-order valence-corrected chi connectivity index (χ0v) is 33.9. The summed E-state index contributed by atoms with van der Waals surface area (Å²) in [7, 11) is 1.91. The highest BCUT2D eigenvalue weighted by Crippen LogP contribution is 2.65. The number of aliphatic hydroxyl groups is 1. The number of likely N-dealkylation sites (tertiary alicyclic amines) is 1. The molecule has 2 aliphatic heterocycles. The predicted molar refractivity (Wildman–Crippen MR) is 200 cm³/mol. The fraction of sp³-hybridized carbons (Fsp3) is 0.524. The molecule has 1 N–H and O–H groups in total. The standard InChI is InChI=1S/C42H49NO15/c1-22(44)51-32(33(52-23(2)45)36(47)56-30(24-13-11-10-12-14-24)37(48)57-39(3,4)5)35(46)53-27-17-18-42(50)28-21-25-15-16-26(54-38(49)58-40(6,7)8)31-29(25)41(42,34(27)55-31)19-20-43(28)9/h10-17,28,30,32-34,50H,18-21H2,1-9H3/t28-,30+,32+,33+,34-,41-,42+/m0/s1. The largest absolute Gasteiger partial charge is 0.514 e. The van der Waals surface area contributed by atoms with Gasteiger partial charge in [-0.3, -0.25) is 9.59 Å². The van der Waals surface area contributed by atoms with Crippen LogP contribution in [0.3, 0.4) is 0 Å². The third-order valence-electron chi connectivity index (χ3n) is 10.4. The molecule has 0 radical (unpaired) electrons. The molecular weight excluding hydrogens is 758 g/mol. The number of ether oxygens (including phenoxy) is 8. The van der Waals surface area contributed by atoms with Crippen LogP contribution in [0.4, 0.5) is 4.79 Å². The van der Waals surface area contributed by atoms with E-state index in [-0.39, 0.29) is 35.3 Å². The average molecular weight is 808 g/mol. The van der Waals surface area contributed by atoms with Gasteiger partial charge in [0.25, 0.3) is 0 Å². The van der Waals surface area contributed by atoms with E-state index in [1.807, 2.05) is 7.05 Å². The molecule has 2 heterocycles. The quantitative estimate of drug-likeness (QED) is 0.202. The second-order valence-corrected chi connectivity index (χ2v) is 16.9. The maximum absolute atomic E-state index is 14.3. The highest BCUT2D eigenvalue weighted by Gasteiger charge is 2.72. The van der Waals surface area contributed by atoms with E-state index in [1.165, 1.54) is 18.2 Å². The summed E-state index contributed by atoms with van der Waals surface area (Å²) in [5.41, 5.74) is -2.89. The predicted octanol–water partition coefficient (Wildman–Crippen LogP) is 4.31. The Bertz CT molecular complexity index is 2030. The van der Waals surface area contributed by atoms with Crippen LogP contribution in [0.2, 0.25) is 0 Å².